The average molecular weight is 320 g/mol. The van der Waals surface area contributed by atoms with Gasteiger partial charge in [0, 0.05) is 28.9 Å². The van der Waals surface area contributed by atoms with Crippen molar-refractivity contribution in [3.8, 4) is 0 Å². The number of halogens is 1. The minimum atomic E-state index is -0.126. The van der Waals surface area contributed by atoms with E-state index in [0.29, 0.717) is 16.3 Å². The van der Waals surface area contributed by atoms with Crippen LogP contribution in [0.2, 0.25) is 5.02 Å². The zero-order valence-electron chi connectivity index (χ0n) is 11.3. The minimum Gasteiger partial charge on any atom is -0.389 e. The fraction of sp³-hybridized carbons (Fsp3) is 0.0667. The number of hydrogen-bond acceptors (Lipinski definition) is 3. The van der Waals surface area contributed by atoms with Crippen LogP contribution in [0.5, 0.6) is 0 Å². The number of benzene rings is 2. The van der Waals surface area contributed by atoms with E-state index in [-0.39, 0.29) is 10.9 Å². The van der Waals surface area contributed by atoms with Crippen LogP contribution in [0.4, 0.5) is 17.1 Å². The van der Waals surface area contributed by atoms with Crippen LogP contribution in [0.25, 0.3) is 0 Å². The molecule has 0 heterocycles. The summed E-state index contributed by atoms with van der Waals surface area (Å²) in [6.45, 7) is 1.46. The molecule has 0 saturated heterocycles. The van der Waals surface area contributed by atoms with Gasteiger partial charge in [0.25, 0.3) is 0 Å². The molecule has 2 rings (SSSR count). The summed E-state index contributed by atoms with van der Waals surface area (Å²) in [6, 6.07) is 12.6. The Labute approximate surface area is 133 Å². The molecule has 4 nitrogen and oxygen atoms in total. The van der Waals surface area contributed by atoms with E-state index in [1.165, 1.54) is 6.92 Å². The maximum Gasteiger partial charge on any atom is 0.221 e. The predicted molar refractivity (Wildman–Crippen MR) is 91.4 cm³/mol. The van der Waals surface area contributed by atoms with Crippen molar-refractivity contribution in [2.24, 2.45) is 5.73 Å². The summed E-state index contributed by atoms with van der Waals surface area (Å²) in [5.74, 6) is -0.126. The molecule has 0 atom stereocenters. The van der Waals surface area contributed by atoms with Gasteiger partial charge in [0.2, 0.25) is 5.91 Å². The number of carbonyl (C=O) groups is 1. The third-order valence-corrected chi connectivity index (χ3v) is 3.16. The third kappa shape index (κ3) is 4.18. The smallest absolute Gasteiger partial charge is 0.221 e. The van der Waals surface area contributed by atoms with Crippen LogP contribution in [-0.4, -0.2) is 10.9 Å². The first-order valence-electron chi connectivity index (χ1n) is 6.20. The first-order chi connectivity index (χ1) is 9.95. The van der Waals surface area contributed by atoms with E-state index in [0.717, 1.165) is 11.4 Å². The number of anilines is 3. The first kappa shape index (κ1) is 15.3. The lowest BCUT2D eigenvalue weighted by molar-refractivity contribution is -0.114. The molecule has 0 aromatic heterocycles. The van der Waals surface area contributed by atoms with Gasteiger partial charge in [-0.05, 0) is 36.4 Å². The van der Waals surface area contributed by atoms with Crippen molar-refractivity contribution in [2.75, 3.05) is 10.6 Å². The number of thiocarbonyl (C=S) groups is 1. The predicted octanol–water partition coefficient (Wildman–Crippen LogP) is 3.68. The summed E-state index contributed by atoms with van der Waals surface area (Å²) in [5, 5.41) is 6.51. The Kier molecular flexibility index (Phi) is 4.77. The summed E-state index contributed by atoms with van der Waals surface area (Å²) in [4.78, 5) is 11.4. The van der Waals surface area contributed by atoms with Gasteiger partial charge < -0.3 is 16.4 Å². The number of nitrogens with one attached hydrogen (secondary N) is 2. The molecule has 1 amide bonds. The molecule has 0 saturated carbocycles. The van der Waals surface area contributed by atoms with E-state index in [4.69, 9.17) is 29.6 Å². The largest absolute Gasteiger partial charge is 0.389 e. The van der Waals surface area contributed by atoms with Crippen LogP contribution >= 0.6 is 23.8 Å². The van der Waals surface area contributed by atoms with E-state index in [9.17, 15) is 4.79 Å². The highest BCUT2D eigenvalue weighted by Crippen LogP contribution is 2.26. The summed E-state index contributed by atoms with van der Waals surface area (Å²) >= 11 is 11.0. The SMILES string of the molecule is CC(=O)Nc1cccc(Nc2cc(Cl)ccc2C(N)=S)c1. The van der Waals surface area contributed by atoms with Gasteiger partial charge in [-0.3, -0.25) is 4.79 Å². The maximum atomic E-state index is 11.1. The lowest BCUT2D eigenvalue weighted by atomic mass is 10.1. The van der Waals surface area contributed by atoms with E-state index in [2.05, 4.69) is 10.6 Å². The second-order valence-corrected chi connectivity index (χ2v) is 5.32. The zero-order valence-corrected chi connectivity index (χ0v) is 12.9. The van der Waals surface area contributed by atoms with Gasteiger partial charge >= 0.3 is 0 Å². The fourth-order valence-corrected chi connectivity index (χ4v) is 2.22. The topological polar surface area (TPSA) is 67.2 Å². The van der Waals surface area contributed by atoms with Crippen molar-refractivity contribution < 1.29 is 4.79 Å². The lowest BCUT2D eigenvalue weighted by Crippen LogP contribution is -2.12. The Balaban J connectivity index is 2.31. The molecule has 0 aliphatic carbocycles. The van der Waals surface area contributed by atoms with Gasteiger partial charge in [-0.2, -0.15) is 0 Å². The third-order valence-electron chi connectivity index (χ3n) is 2.71. The van der Waals surface area contributed by atoms with Crippen molar-refractivity contribution in [2.45, 2.75) is 6.92 Å². The van der Waals surface area contributed by atoms with Crippen molar-refractivity contribution in [3.05, 3.63) is 53.1 Å². The number of carbonyl (C=O) groups excluding carboxylic acids is 1. The molecule has 0 aliphatic heterocycles. The molecule has 108 valence electrons. The highest BCUT2D eigenvalue weighted by Gasteiger charge is 2.07. The Morgan fingerprint density at radius 2 is 1.90 bits per heavy atom. The van der Waals surface area contributed by atoms with Crippen LogP contribution < -0.4 is 16.4 Å². The summed E-state index contributed by atoms with van der Waals surface area (Å²) in [6.07, 6.45) is 0. The van der Waals surface area contributed by atoms with Crippen molar-refractivity contribution in [1.29, 1.82) is 0 Å². The van der Waals surface area contributed by atoms with Gasteiger partial charge in [-0.25, -0.2) is 0 Å². The average Bonchev–Trinajstić information content (AvgIpc) is 2.38. The standard InChI is InChI=1S/C15H14ClN3OS/c1-9(20)18-11-3-2-4-12(8-11)19-14-7-10(16)5-6-13(14)15(17)21/h2-8,19H,1H3,(H2,17,21)(H,18,20). The van der Waals surface area contributed by atoms with E-state index >= 15 is 0 Å². The maximum absolute atomic E-state index is 11.1. The van der Waals surface area contributed by atoms with Gasteiger partial charge in [0.1, 0.15) is 4.99 Å². The normalized spacial score (nSPS) is 10.0. The van der Waals surface area contributed by atoms with E-state index < -0.39 is 0 Å². The minimum absolute atomic E-state index is 0.126. The quantitative estimate of drug-likeness (QED) is 0.752. The van der Waals surface area contributed by atoms with Gasteiger partial charge in [0.05, 0.1) is 5.69 Å². The Morgan fingerprint density at radius 1 is 1.19 bits per heavy atom. The number of hydrogen-bond donors (Lipinski definition) is 3. The van der Waals surface area contributed by atoms with Gasteiger partial charge in [0.15, 0.2) is 0 Å². The molecular weight excluding hydrogens is 306 g/mol. The van der Waals surface area contributed by atoms with E-state index in [1.807, 2.05) is 18.2 Å². The second kappa shape index (κ2) is 6.56. The summed E-state index contributed by atoms with van der Waals surface area (Å²) in [7, 11) is 0. The molecule has 2 aromatic rings. The number of nitrogens with two attached hydrogens (primary N) is 1. The number of amides is 1. The molecule has 2 aromatic carbocycles. The fourth-order valence-electron chi connectivity index (χ4n) is 1.87. The van der Waals surface area contributed by atoms with E-state index in [1.54, 1.807) is 24.3 Å². The molecule has 0 fully saturated rings. The molecule has 0 spiro atoms. The Hall–Kier alpha value is -2.11. The summed E-state index contributed by atoms with van der Waals surface area (Å²) in [5.41, 5.74) is 8.62. The zero-order chi connectivity index (χ0) is 15.4. The Morgan fingerprint density at radius 3 is 2.57 bits per heavy atom. The molecule has 0 aliphatic rings. The van der Waals surface area contributed by atoms with Crippen LogP contribution in [0, 0.1) is 0 Å². The number of rotatable bonds is 4. The van der Waals surface area contributed by atoms with Crippen molar-refractivity contribution in [3.63, 3.8) is 0 Å². The van der Waals surface area contributed by atoms with Gasteiger partial charge in [-0.15, -0.1) is 0 Å². The molecule has 4 N–H and O–H groups in total. The molecular formula is C15H14ClN3OS. The Bertz CT molecular complexity index is 703. The monoisotopic (exact) mass is 319 g/mol. The molecule has 0 radical (unpaired) electrons. The molecule has 21 heavy (non-hydrogen) atoms. The second-order valence-electron chi connectivity index (χ2n) is 4.44. The van der Waals surface area contributed by atoms with Crippen LogP contribution in [0.1, 0.15) is 12.5 Å². The van der Waals surface area contributed by atoms with Crippen LogP contribution in [0.3, 0.4) is 0 Å². The van der Waals surface area contributed by atoms with Gasteiger partial charge in [-0.1, -0.05) is 29.9 Å². The van der Waals surface area contributed by atoms with Crippen LogP contribution in [-0.2, 0) is 4.79 Å². The van der Waals surface area contributed by atoms with Crippen molar-refractivity contribution in [1.82, 2.24) is 0 Å². The van der Waals surface area contributed by atoms with Crippen LogP contribution in [0.15, 0.2) is 42.5 Å². The molecule has 0 bridgehead atoms. The molecule has 6 heteroatoms. The molecule has 0 unspecified atom stereocenters. The highest BCUT2D eigenvalue weighted by atomic mass is 35.5. The lowest BCUT2D eigenvalue weighted by Gasteiger charge is -2.13. The first-order valence-corrected chi connectivity index (χ1v) is 6.98. The summed E-state index contributed by atoms with van der Waals surface area (Å²) < 4.78 is 0. The van der Waals surface area contributed by atoms with Crippen molar-refractivity contribution >= 4 is 51.8 Å². The highest BCUT2D eigenvalue weighted by molar-refractivity contribution is 7.80.